The normalized spacial score (nSPS) is 15.7. The molecule has 0 aromatic heterocycles. The smallest absolute Gasteiger partial charge is 0.269 e. The van der Waals surface area contributed by atoms with E-state index in [9.17, 15) is 18.0 Å². The second-order valence-electron chi connectivity index (χ2n) is 5.95. The standard InChI is InChI=1S/C18H18N4O4S/c1-12-6-8-13(9-7-12)18(24)21-20-16(23)10-11-19-17-14-4-2-3-5-15(14)27(25,26)22-17/h2-9H,10-11H2,1H3,(H,19,22)(H,20,23)(H,21,24). The number of sulfonamides is 1. The number of nitrogens with one attached hydrogen (secondary N) is 3. The number of benzene rings is 2. The van der Waals surface area contributed by atoms with Crippen molar-refractivity contribution in [1.82, 2.24) is 15.6 Å². The van der Waals surface area contributed by atoms with E-state index in [1.807, 2.05) is 6.92 Å². The molecule has 0 saturated heterocycles. The van der Waals surface area contributed by atoms with Crippen LogP contribution < -0.4 is 15.6 Å². The van der Waals surface area contributed by atoms with E-state index >= 15 is 0 Å². The lowest BCUT2D eigenvalue weighted by Crippen LogP contribution is -2.41. The van der Waals surface area contributed by atoms with Crippen LogP contribution in [0.5, 0.6) is 0 Å². The summed E-state index contributed by atoms with van der Waals surface area (Å²) in [4.78, 5) is 28.1. The predicted molar refractivity (Wildman–Crippen MR) is 99.6 cm³/mol. The quantitative estimate of drug-likeness (QED) is 0.677. The maximum absolute atomic E-state index is 12.0. The first kappa shape index (κ1) is 18.6. The van der Waals surface area contributed by atoms with E-state index in [-0.39, 0.29) is 23.7 Å². The van der Waals surface area contributed by atoms with Crippen molar-refractivity contribution >= 4 is 27.7 Å². The number of hydrogen-bond donors (Lipinski definition) is 3. The van der Waals surface area contributed by atoms with E-state index < -0.39 is 21.8 Å². The topological polar surface area (TPSA) is 117 Å². The van der Waals surface area contributed by atoms with Gasteiger partial charge in [0.05, 0.1) is 11.4 Å². The summed E-state index contributed by atoms with van der Waals surface area (Å²) in [5, 5.41) is 0. The van der Waals surface area contributed by atoms with Crippen LogP contribution in [0.2, 0.25) is 0 Å². The number of carbonyl (C=O) groups is 2. The summed E-state index contributed by atoms with van der Waals surface area (Å²) in [6.07, 6.45) is -0.0123. The van der Waals surface area contributed by atoms with Crippen LogP contribution in [0.3, 0.4) is 0 Å². The summed E-state index contributed by atoms with van der Waals surface area (Å²) >= 11 is 0. The summed E-state index contributed by atoms with van der Waals surface area (Å²) in [6.45, 7) is 1.98. The van der Waals surface area contributed by atoms with E-state index in [0.717, 1.165) is 5.56 Å². The Kier molecular flexibility index (Phi) is 5.22. The lowest BCUT2D eigenvalue weighted by Gasteiger charge is -2.07. The van der Waals surface area contributed by atoms with Gasteiger partial charge in [0.2, 0.25) is 5.91 Å². The number of aryl methyl sites for hydroxylation is 1. The van der Waals surface area contributed by atoms with Crippen molar-refractivity contribution in [3.05, 3.63) is 65.2 Å². The van der Waals surface area contributed by atoms with E-state index in [4.69, 9.17) is 0 Å². The van der Waals surface area contributed by atoms with Crippen LogP contribution in [0.15, 0.2) is 58.4 Å². The first-order valence-electron chi connectivity index (χ1n) is 8.19. The van der Waals surface area contributed by atoms with E-state index in [1.165, 1.54) is 6.07 Å². The second kappa shape index (κ2) is 7.58. The Morgan fingerprint density at radius 3 is 2.48 bits per heavy atom. The molecule has 1 aliphatic heterocycles. The zero-order chi connectivity index (χ0) is 19.4. The Balaban J connectivity index is 1.52. The van der Waals surface area contributed by atoms with Crippen molar-refractivity contribution in [2.75, 3.05) is 6.54 Å². The number of hydrazine groups is 1. The number of nitrogens with zero attached hydrogens (tertiary/aromatic N) is 1. The third kappa shape index (κ3) is 4.32. The number of carbonyl (C=O) groups excluding carboxylic acids is 2. The summed E-state index contributed by atoms with van der Waals surface area (Å²) < 4.78 is 26.3. The van der Waals surface area contributed by atoms with Gasteiger partial charge in [-0.1, -0.05) is 29.8 Å². The molecular formula is C18H18N4O4S. The van der Waals surface area contributed by atoms with Crippen molar-refractivity contribution in [1.29, 1.82) is 0 Å². The van der Waals surface area contributed by atoms with Crippen LogP contribution in [0, 0.1) is 6.92 Å². The molecule has 0 atom stereocenters. The van der Waals surface area contributed by atoms with Gasteiger partial charge in [0.1, 0.15) is 5.84 Å². The zero-order valence-corrected chi connectivity index (χ0v) is 15.3. The van der Waals surface area contributed by atoms with Gasteiger partial charge in [0.25, 0.3) is 15.9 Å². The SMILES string of the molecule is Cc1ccc(C(=O)NNC(=O)CCN=C2NS(=O)(=O)c3ccccc32)cc1. The first-order valence-corrected chi connectivity index (χ1v) is 9.68. The minimum atomic E-state index is -3.60. The molecular weight excluding hydrogens is 368 g/mol. The van der Waals surface area contributed by atoms with Gasteiger partial charge in [-0.2, -0.15) is 0 Å². The number of amides is 2. The Bertz CT molecular complexity index is 1010. The monoisotopic (exact) mass is 386 g/mol. The van der Waals surface area contributed by atoms with Gasteiger partial charge in [0, 0.05) is 17.5 Å². The molecule has 1 aliphatic rings. The fourth-order valence-corrected chi connectivity index (χ4v) is 3.74. The Morgan fingerprint density at radius 2 is 1.74 bits per heavy atom. The number of rotatable bonds is 4. The largest absolute Gasteiger partial charge is 0.273 e. The minimum Gasteiger partial charge on any atom is -0.273 e. The molecule has 2 aromatic rings. The van der Waals surface area contributed by atoms with Gasteiger partial charge in [-0.3, -0.25) is 30.2 Å². The summed E-state index contributed by atoms with van der Waals surface area (Å²) in [5.41, 5.74) is 6.57. The molecule has 140 valence electrons. The van der Waals surface area contributed by atoms with E-state index in [2.05, 4.69) is 20.6 Å². The minimum absolute atomic E-state index is 0.0123. The van der Waals surface area contributed by atoms with Crippen molar-refractivity contribution in [3.63, 3.8) is 0 Å². The average Bonchev–Trinajstić information content (AvgIpc) is 2.91. The molecule has 0 fully saturated rings. The summed E-state index contributed by atoms with van der Waals surface area (Å²) in [5.74, 6) is -0.650. The van der Waals surface area contributed by atoms with Crippen LogP contribution >= 0.6 is 0 Å². The maximum atomic E-state index is 12.0. The lowest BCUT2D eigenvalue weighted by molar-refractivity contribution is -0.121. The maximum Gasteiger partial charge on any atom is 0.269 e. The van der Waals surface area contributed by atoms with Crippen molar-refractivity contribution in [3.8, 4) is 0 Å². The van der Waals surface area contributed by atoms with Crippen molar-refractivity contribution in [2.24, 2.45) is 4.99 Å². The molecule has 27 heavy (non-hydrogen) atoms. The lowest BCUT2D eigenvalue weighted by atomic mass is 10.1. The van der Waals surface area contributed by atoms with Gasteiger partial charge < -0.3 is 0 Å². The van der Waals surface area contributed by atoms with Crippen molar-refractivity contribution < 1.29 is 18.0 Å². The molecule has 8 nitrogen and oxygen atoms in total. The van der Waals surface area contributed by atoms with Crippen LogP contribution in [-0.2, 0) is 14.8 Å². The Morgan fingerprint density at radius 1 is 1.04 bits per heavy atom. The van der Waals surface area contributed by atoms with E-state index in [0.29, 0.717) is 11.1 Å². The predicted octanol–water partition coefficient (Wildman–Crippen LogP) is 0.885. The third-order valence-electron chi connectivity index (χ3n) is 3.90. The van der Waals surface area contributed by atoms with Crippen LogP contribution in [0.1, 0.15) is 27.9 Å². The zero-order valence-electron chi connectivity index (χ0n) is 14.5. The molecule has 9 heteroatoms. The van der Waals surface area contributed by atoms with Crippen LogP contribution in [-0.4, -0.2) is 32.6 Å². The van der Waals surface area contributed by atoms with Crippen LogP contribution in [0.4, 0.5) is 0 Å². The number of hydrogen-bond acceptors (Lipinski definition) is 5. The summed E-state index contributed by atoms with van der Waals surface area (Å²) in [6, 6.07) is 13.4. The van der Waals surface area contributed by atoms with Gasteiger partial charge >= 0.3 is 0 Å². The molecule has 3 N–H and O–H groups in total. The summed E-state index contributed by atoms with van der Waals surface area (Å²) in [7, 11) is -3.60. The average molecular weight is 386 g/mol. The molecule has 0 bridgehead atoms. The fraction of sp³-hybridized carbons (Fsp3) is 0.167. The molecule has 0 spiro atoms. The molecule has 3 rings (SSSR count). The molecule has 2 aromatic carbocycles. The highest BCUT2D eigenvalue weighted by Crippen LogP contribution is 2.22. The van der Waals surface area contributed by atoms with Crippen LogP contribution in [0.25, 0.3) is 0 Å². The van der Waals surface area contributed by atoms with Gasteiger partial charge in [-0.15, -0.1) is 0 Å². The fourth-order valence-electron chi connectivity index (χ4n) is 2.49. The highest BCUT2D eigenvalue weighted by Gasteiger charge is 2.29. The first-order chi connectivity index (χ1) is 12.9. The highest BCUT2D eigenvalue weighted by molar-refractivity contribution is 7.90. The highest BCUT2D eigenvalue weighted by atomic mass is 32.2. The molecule has 0 radical (unpaired) electrons. The number of fused-ring (bicyclic) bond motifs is 1. The number of aliphatic imine (C=N–C) groups is 1. The number of amidine groups is 1. The van der Waals surface area contributed by atoms with E-state index in [1.54, 1.807) is 42.5 Å². The van der Waals surface area contributed by atoms with Gasteiger partial charge in [-0.25, -0.2) is 8.42 Å². The third-order valence-corrected chi connectivity index (χ3v) is 5.30. The Hall–Kier alpha value is -3.20. The van der Waals surface area contributed by atoms with Crippen molar-refractivity contribution in [2.45, 2.75) is 18.2 Å². The molecule has 1 heterocycles. The molecule has 0 aliphatic carbocycles. The molecule has 0 saturated carbocycles. The van der Waals surface area contributed by atoms with Gasteiger partial charge in [-0.05, 0) is 31.2 Å². The molecule has 2 amide bonds. The van der Waals surface area contributed by atoms with Gasteiger partial charge in [0.15, 0.2) is 0 Å². The Labute approximate surface area is 156 Å². The molecule has 0 unspecified atom stereocenters. The second-order valence-corrected chi connectivity index (χ2v) is 7.60.